The van der Waals surface area contributed by atoms with Gasteiger partial charge < -0.3 is 9.59 Å². The summed E-state index contributed by atoms with van der Waals surface area (Å²) in [5, 5.41) is 0. The zero-order chi connectivity index (χ0) is 9.56. The van der Waals surface area contributed by atoms with Gasteiger partial charge >= 0.3 is 0 Å². The van der Waals surface area contributed by atoms with Gasteiger partial charge in [-0.1, -0.05) is 13.8 Å². The predicted molar refractivity (Wildman–Crippen MR) is 46.5 cm³/mol. The minimum atomic E-state index is -0.272. The summed E-state index contributed by atoms with van der Waals surface area (Å²) in [4.78, 5) is 20.6. The van der Waals surface area contributed by atoms with Crippen molar-refractivity contribution in [3.05, 3.63) is 0 Å². The van der Waals surface area contributed by atoms with Crippen molar-refractivity contribution in [2.75, 3.05) is 0 Å². The lowest BCUT2D eigenvalue weighted by atomic mass is 10.1. The largest absolute Gasteiger partial charge is 0.302 e. The number of rotatable bonds is 6. The fraction of sp³-hybridized carbons (Fsp3) is 0.750. The Hall–Kier alpha value is -0.740. The van der Waals surface area contributed by atoms with Gasteiger partial charge in [0.05, 0.1) is 12.1 Å². The van der Waals surface area contributed by atoms with Gasteiger partial charge in [0, 0.05) is 0 Å². The highest BCUT2D eigenvalue weighted by molar-refractivity contribution is 5.58. The standard InChI is InChI=1S/C8H16N2O2/c1-6(2)8(5-12)10-9-7(3)4-11/h4-10H,1-3H3/t7-,8+/m0/s1. The molecule has 0 fully saturated rings. The van der Waals surface area contributed by atoms with Crippen molar-refractivity contribution in [3.8, 4) is 0 Å². The van der Waals surface area contributed by atoms with Crippen molar-refractivity contribution in [1.29, 1.82) is 0 Å². The average molecular weight is 172 g/mol. The molecule has 2 atom stereocenters. The van der Waals surface area contributed by atoms with E-state index in [9.17, 15) is 9.59 Å². The molecule has 0 saturated heterocycles. The first kappa shape index (κ1) is 11.3. The lowest BCUT2D eigenvalue weighted by molar-refractivity contribution is -0.112. The van der Waals surface area contributed by atoms with Gasteiger partial charge in [-0.15, -0.1) is 0 Å². The van der Waals surface area contributed by atoms with Crippen LogP contribution >= 0.6 is 0 Å². The molecule has 0 aromatic rings. The molecule has 70 valence electrons. The first-order chi connectivity index (χ1) is 5.61. The topological polar surface area (TPSA) is 58.2 Å². The Balaban J connectivity index is 3.72. The van der Waals surface area contributed by atoms with Crippen LogP contribution in [-0.4, -0.2) is 24.7 Å². The highest BCUT2D eigenvalue weighted by atomic mass is 16.1. The third kappa shape index (κ3) is 4.20. The van der Waals surface area contributed by atoms with Crippen molar-refractivity contribution >= 4 is 12.6 Å². The molecule has 0 radical (unpaired) electrons. The molecule has 0 heterocycles. The summed E-state index contributed by atoms with van der Waals surface area (Å²) in [5.74, 6) is 0.217. The first-order valence-electron chi connectivity index (χ1n) is 4.03. The molecule has 0 spiro atoms. The Morgan fingerprint density at radius 3 is 1.92 bits per heavy atom. The quantitative estimate of drug-likeness (QED) is 0.433. The third-order valence-corrected chi connectivity index (χ3v) is 1.55. The number of carbonyl (C=O) groups excluding carboxylic acids is 2. The fourth-order valence-electron chi connectivity index (χ4n) is 0.620. The summed E-state index contributed by atoms with van der Waals surface area (Å²) in [5.41, 5.74) is 5.49. The number of hydrazine groups is 1. The van der Waals surface area contributed by atoms with E-state index >= 15 is 0 Å². The van der Waals surface area contributed by atoms with Crippen LogP contribution in [0.4, 0.5) is 0 Å². The summed E-state index contributed by atoms with van der Waals surface area (Å²) < 4.78 is 0. The van der Waals surface area contributed by atoms with E-state index in [1.165, 1.54) is 0 Å². The van der Waals surface area contributed by atoms with Crippen LogP contribution in [0.1, 0.15) is 20.8 Å². The molecule has 0 aromatic carbocycles. The number of nitrogens with one attached hydrogen (secondary N) is 2. The second-order valence-electron chi connectivity index (χ2n) is 3.12. The highest BCUT2D eigenvalue weighted by Crippen LogP contribution is 1.96. The lowest BCUT2D eigenvalue weighted by Gasteiger charge is -2.18. The summed E-state index contributed by atoms with van der Waals surface area (Å²) in [6.45, 7) is 5.57. The van der Waals surface area contributed by atoms with Gasteiger partial charge in [0.1, 0.15) is 12.6 Å². The maximum Gasteiger partial charge on any atom is 0.138 e. The molecule has 0 aliphatic rings. The Labute approximate surface area is 72.7 Å². The van der Waals surface area contributed by atoms with Crippen LogP contribution in [0.3, 0.4) is 0 Å². The maximum absolute atomic E-state index is 10.5. The van der Waals surface area contributed by atoms with E-state index in [4.69, 9.17) is 0 Å². The molecule has 0 rings (SSSR count). The van der Waals surface area contributed by atoms with E-state index in [0.717, 1.165) is 12.6 Å². The number of carbonyl (C=O) groups is 2. The number of aldehydes is 2. The van der Waals surface area contributed by atoms with E-state index in [-0.39, 0.29) is 18.0 Å². The smallest absolute Gasteiger partial charge is 0.138 e. The average Bonchev–Trinajstić information content (AvgIpc) is 2.04. The zero-order valence-corrected chi connectivity index (χ0v) is 7.70. The molecule has 0 bridgehead atoms. The van der Waals surface area contributed by atoms with Crippen molar-refractivity contribution in [2.45, 2.75) is 32.9 Å². The van der Waals surface area contributed by atoms with E-state index < -0.39 is 0 Å². The monoisotopic (exact) mass is 172 g/mol. The van der Waals surface area contributed by atoms with Crippen LogP contribution in [0.5, 0.6) is 0 Å². The van der Waals surface area contributed by atoms with Gasteiger partial charge in [-0.25, -0.2) is 10.9 Å². The minimum absolute atomic E-state index is 0.217. The molecule has 0 unspecified atom stereocenters. The van der Waals surface area contributed by atoms with E-state index in [2.05, 4.69) is 10.9 Å². The van der Waals surface area contributed by atoms with Crippen molar-refractivity contribution in [3.63, 3.8) is 0 Å². The van der Waals surface area contributed by atoms with Crippen molar-refractivity contribution in [2.24, 2.45) is 5.92 Å². The third-order valence-electron chi connectivity index (χ3n) is 1.55. The molecule has 0 aliphatic heterocycles. The SMILES string of the molecule is CC(C)[C@@H](C=O)NN[C@@H](C)C=O. The van der Waals surface area contributed by atoms with Gasteiger partial charge in [-0.3, -0.25) is 0 Å². The number of hydrogen-bond acceptors (Lipinski definition) is 4. The normalized spacial score (nSPS) is 15.7. The highest BCUT2D eigenvalue weighted by Gasteiger charge is 2.11. The lowest BCUT2D eigenvalue weighted by Crippen LogP contribution is -2.48. The predicted octanol–water partition coefficient (Wildman–Crippen LogP) is -0.109. The van der Waals surface area contributed by atoms with Crippen LogP contribution in [-0.2, 0) is 9.59 Å². The van der Waals surface area contributed by atoms with E-state index in [1.807, 2.05) is 13.8 Å². The molecular weight excluding hydrogens is 156 g/mol. The molecule has 0 saturated carbocycles. The summed E-state index contributed by atoms with van der Waals surface area (Å²) >= 11 is 0. The van der Waals surface area contributed by atoms with Crippen LogP contribution < -0.4 is 10.9 Å². The zero-order valence-electron chi connectivity index (χ0n) is 7.70. The van der Waals surface area contributed by atoms with Crippen LogP contribution in [0.2, 0.25) is 0 Å². The summed E-state index contributed by atoms with van der Waals surface area (Å²) in [6.07, 6.45) is 1.60. The van der Waals surface area contributed by atoms with Crippen molar-refractivity contribution in [1.82, 2.24) is 10.9 Å². The molecule has 0 aromatic heterocycles. The Bertz CT molecular complexity index is 148. The Morgan fingerprint density at radius 1 is 1.00 bits per heavy atom. The molecule has 4 heteroatoms. The van der Waals surface area contributed by atoms with Gasteiger partial charge in [-0.2, -0.15) is 0 Å². The second-order valence-corrected chi connectivity index (χ2v) is 3.12. The second kappa shape index (κ2) is 5.85. The molecule has 12 heavy (non-hydrogen) atoms. The van der Waals surface area contributed by atoms with Crippen LogP contribution in [0.25, 0.3) is 0 Å². The molecule has 0 amide bonds. The van der Waals surface area contributed by atoms with Crippen LogP contribution in [0.15, 0.2) is 0 Å². The van der Waals surface area contributed by atoms with Gasteiger partial charge in [0.25, 0.3) is 0 Å². The van der Waals surface area contributed by atoms with Gasteiger partial charge in [-0.05, 0) is 12.8 Å². The molecule has 0 aliphatic carbocycles. The van der Waals surface area contributed by atoms with Crippen LogP contribution in [0, 0.1) is 5.92 Å². The van der Waals surface area contributed by atoms with E-state index in [1.54, 1.807) is 6.92 Å². The fourth-order valence-corrected chi connectivity index (χ4v) is 0.620. The van der Waals surface area contributed by atoms with Gasteiger partial charge in [0.2, 0.25) is 0 Å². The molecule has 2 N–H and O–H groups in total. The Kier molecular flexibility index (Phi) is 5.49. The summed E-state index contributed by atoms with van der Waals surface area (Å²) in [7, 11) is 0. The summed E-state index contributed by atoms with van der Waals surface area (Å²) in [6, 6.07) is -0.515. The first-order valence-corrected chi connectivity index (χ1v) is 4.03. The van der Waals surface area contributed by atoms with E-state index in [0.29, 0.717) is 0 Å². The Morgan fingerprint density at radius 2 is 1.58 bits per heavy atom. The molecule has 4 nitrogen and oxygen atoms in total. The number of hydrogen-bond donors (Lipinski definition) is 2. The van der Waals surface area contributed by atoms with Crippen molar-refractivity contribution < 1.29 is 9.59 Å². The molecular formula is C8H16N2O2. The minimum Gasteiger partial charge on any atom is -0.302 e. The maximum atomic E-state index is 10.5. The van der Waals surface area contributed by atoms with Gasteiger partial charge in [0.15, 0.2) is 0 Å².